The number of methoxy groups -OCH3 is 1. The Morgan fingerprint density at radius 1 is 0.912 bits per heavy atom. The first-order chi connectivity index (χ1) is 16.5. The van der Waals surface area contributed by atoms with Crippen LogP contribution in [0.4, 0.5) is 0 Å². The van der Waals surface area contributed by atoms with Crippen molar-refractivity contribution in [1.29, 1.82) is 0 Å². The summed E-state index contributed by atoms with van der Waals surface area (Å²) in [5.74, 6) is 0.507. The van der Waals surface area contributed by atoms with Crippen LogP contribution in [0.2, 0.25) is 0 Å². The molecule has 0 atom stereocenters. The van der Waals surface area contributed by atoms with Gasteiger partial charge in [-0.2, -0.15) is 0 Å². The number of carbonyl (C=O) groups excluding carboxylic acids is 1. The molecule has 3 aromatic rings. The van der Waals surface area contributed by atoms with E-state index in [0.717, 1.165) is 22.4 Å². The van der Waals surface area contributed by atoms with Gasteiger partial charge in [-0.3, -0.25) is 4.79 Å². The third-order valence-electron chi connectivity index (χ3n) is 4.85. The van der Waals surface area contributed by atoms with Gasteiger partial charge in [-0.25, -0.2) is 13.1 Å². The fraction of sp³-hybridized carbons (Fsp3) is 0.192. The first-order valence-electron chi connectivity index (χ1n) is 10.8. The molecular weight excluding hydrogens is 452 g/mol. The van der Waals surface area contributed by atoms with Crippen LogP contribution >= 0.6 is 0 Å². The number of hydrogen-bond acceptors (Lipinski definition) is 5. The average Bonchev–Trinajstić information content (AvgIpc) is 2.86. The highest BCUT2D eigenvalue weighted by atomic mass is 32.2. The van der Waals surface area contributed by atoms with E-state index in [2.05, 4.69) is 10.0 Å². The lowest BCUT2D eigenvalue weighted by molar-refractivity contribution is -0.116. The summed E-state index contributed by atoms with van der Waals surface area (Å²) in [7, 11) is -2.07. The molecule has 178 valence electrons. The summed E-state index contributed by atoms with van der Waals surface area (Å²) >= 11 is 0. The van der Waals surface area contributed by atoms with Crippen molar-refractivity contribution in [2.24, 2.45) is 0 Å². The standard InChI is InChI=1S/C26H28N2O5S/c1-32-18-17-28-34(30,31)25-14-9-22(10-15-25)19-27-26(29)16-11-21-7-12-24(13-8-21)33-20-23-5-3-2-4-6-23/h2-16,28H,17-20H2,1H3,(H,27,29)/b16-11+. The number of ether oxygens (including phenoxy) is 2. The first-order valence-corrected chi connectivity index (χ1v) is 12.2. The van der Waals surface area contributed by atoms with E-state index >= 15 is 0 Å². The fourth-order valence-electron chi connectivity index (χ4n) is 2.98. The minimum Gasteiger partial charge on any atom is -0.489 e. The van der Waals surface area contributed by atoms with E-state index in [1.54, 1.807) is 18.2 Å². The van der Waals surface area contributed by atoms with Gasteiger partial charge < -0.3 is 14.8 Å². The van der Waals surface area contributed by atoms with Crippen LogP contribution < -0.4 is 14.8 Å². The molecule has 0 aliphatic rings. The lowest BCUT2D eigenvalue weighted by atomic mass is 10.2. The SMILES string of the molecule is COCCNS(=O)(=O)c1ccc(CNC(=O)/C=C/c2ccc(OCc3ccccc3)cc2)cc1. The molecule has 0 fully saturated rings. The highest BCUT2D eigenvalue weighted by molar-refractivity contribution is 7.89. The summed E-state index contributed by atoms with van der Waals surface area (Å²) in [6.45, 7) is 1.28. The third-order valence-corrected chi connectivity index (χ3v) is 6.33. The second-order valence-electron chi connectivity index (χ2n) is 7.43. The van der Waals surface area contributed by atoms with Crippen molar-refractivity contribution in [1.82, 2.24) is 10.0 Å². The second kappa shape index (κ2) is 12.7. The third kappa shape index (κ3) is 8.15. The molecule has 0 aliphatic carbocycles. The van der Waals surface area contributed by atoms with Crippen LogP contribution in [0.25, 0.3) is 6.08 Å². The van der Waals surface area contributed by atoms with E-state index in [1.807, 2.05) is 54.6 Å². The van der Waals surface area contributed by atoms with Gasteiger partial charge in [-0.1, -0.05) is 54.6 Å². The molecule has 0 bridgehead atoms. The maximum Gasteiger partial charge on any atom is 0.244 e. The van der Waals surface area contributed by atoms with Crippen LogP contribution in [0.5, 0.6) is 5.75 Å². The molecule has 8 heteroatoms. The van der Waals surface area contributed by atoms with E-state index in [0.29, 0.717) is 13.2 Å². The van der Waals surface area contributed by atoms with Gasteiger partial charge >= 0.3 is 0 Å². The molecule has 0 unspecified atom stereocenters. The molecule has 3 aromatic carbocycles. The van der Waals surface area contributed by atoms with Crippen molar-refractivity contribution in [3.63, 3.8) is 0 Å². The molecule has 1 amide bonds. The Labute approximate surface area is 200 Å². The topological polar surface area (TPSA) is 93.7 Å². The van der Waals surface area contributed by atoms with E-state index < -0.39 is 10.0 Å². The molecule has 0 aliphatic heterocycles. The molecule has 0 radical (unpaired) electrons. The maximum absolute atomic E-state index is 12.2. The number of carbonyl (C=O) groups is 1. The van der Waals surface area contributed by atoms with E-state index in [1.165, 1.54) is 25.3 Å². The maximum atomic E-state index is 12.2. The van der Waals surface area contributed by atoms with Gasteiger partial charge in [-0.05, 0) is 47.0 Å². The summed E-state index contributed by atoms with van der Waals surface area (Å²) in [4.78, 5) is 12.3. The highest BCUT2D eigenvalue weighted by Gasteiger charge is 2.12. The quantitative estimate of drug-likeness (QED) is 0.306. The predicted octanol–water partition coefficient (Wildman–Crippen LogP) is 3.52. The van der Waals surface area contributed by atoms with E-state index in [4.69, 9.17) is 9.47 Å². The zero-order chi connectivity index (χ0) is 24.2. The smallest absolute Gasteiger partial charge is 0.244 e. The number of amides is 1. The fourth-order valence-corrected chi connectivity index (χ4v) is 4.00. The summed E-state index contributed by atoms with van der Waals surface area (Å²) in [5.41, 5.74) is 2.76. The van der Waals surface area contributed by atoms with Gasteiger partial charge in [0, 0.05) is 26.3 Å². The number of nitrogens with one attached hydrogen (secondary N) is 2. The van der Waals surface area contributed by atoms with Crippen molar-refractivity contribution in [2.45, 2.75) is 18.0 Å². The molecule has 34 heavy (non-hydrogen) atoms. The Kier molecular flexibility index (Phi) is 9.40. The average molecular weight is 481 g/mol. The van der Waals surface area contributed by atoms with Crippen molar-refractivity contribution < 1.29 is 22.7 Å². The van der Waals surface area contributed by atoms with Gasteiger partial charge in [0.2, 0.25) is 15.9 Å². The highest BCUT2D eigenvalue weighted by Crippen LogP contribution is 2.15. The largest absolute Gasteiger partial charge is 0.489 e. The monoisotopic (exact) mass is 480 g/mol. The summed E-state index contributed by atoms with van der Waals surface area (Å²) in [6.07, 6.45) is 3.18. The van der Waals surface area contributed by atoms with Crippen molar-refractivity contribution in [3.05, 3.63) is 102 Å². The normalized spacial score (nSPS) is 11.4. The zero-order valence-electron chi connectivity index (χ0n) is 18.9. The van der Waals surface area contributed by atoms with E-state index in [9.17, 15) is 13.2 Å². The Balaban J connectivity index is 1.45. The van der Waals surface area contributed by atoms with Gasteiger partial charge in [0.05, 0.1) is 11.5 Å². The van der Waals surface area contributed by atoms with Crippen molar-refractivity contribution >= 4 is 22.0 Å². The summed E-state index contributed by atoms with van der Waals surface area (Å²) in [5, 5.41) is 2.79. The molecule has 0 heterocycles. The molecule has 0 saturated heterocycles. The Hall–Kier alpha value is -3.46. The van der Waals surface area contributed by atoms with Crippen LogP contribution in [0.3, 0.4) is 0 Å². The lowest BCUT2D eigenvalue weighted by Crippen LogP contribution is -2.27. The Morgan fingerprint density at radius 3 is 2.29 bits per heavy atom. The lowest BCUT2D eigenvalue weighted by Gasteiger charge is -2.08. The molecule has 3 rings (SSSR count). The molecule has 0 saturated carbocycles. The Morgan fingerprint density at radius 2 is 1.62 bits per heavy atom. The summed E-state index contributed by atoms with van der Waals surface area (Å²) < 4.78 is 37.4. The van der Waals surface area contributed by atoms with Crippen LogP contribution in [0.1, 0.15) is 16.7 Å². The molecule has 7 nitrogen and oxygen atoms in total. The zero-order valence-corrected chi connectivity index (χ0v) is 19.8. The van der Waals surface area contributed by atoms with Gasteiger partial charge in [0.15, 0.2) is 0 Å². The van der Waals surface area contributed by atoms with Gasteiger partial charge in [0.25, 0.3) is 0 Å². The van der Waals surface area contributed by atoms with Gasteiger partial charge in [-0.15, -0.1) is 0 Å². The van der Waals surface area contributed by atoms with Crippen LogP contribution in [-0.2, 0) is 32.7 Å². The van der Waals surface area contributed by atoms with Crippen molar-refractivity contribution in [3.8, 4) is 5.75 Å². The number of sulfonamides is 1. The predicted molar refractivity (Wildman–Crippen MR) is 132 cm³/mol. The molecule has 2 N–H and O–H groups in total. The summed E-state index contributed by atoms with van der Waals surface area (Å²) in [6, 6.07) is 23.8. The number of rotatable bonds is 12. The van der Waals surface area contributed by atoms with Crippen LogP contribution in [-0.4, -0.2) is 34.6 Å². The number of hydrogen-bond donors (Lipinski definition) is 2. The molecule has 0 aromatic heterocycles. The van der Waals surface area contributed by atoms with E-state index in [-0.39, 0.29) is 23.9 Å². The van der Waals surface area contributed by atoms with Gasteiger partial charge in [0.1, 0.15) is 12.4 Å². The Bertz CT molecular complexity index is 1180. The molecular formula is C26H28N2O5S. The van der Waals surface area contributed by atoms with Crippen LogP contribution in [0.15, 0.2) is 89.8 Å². The minimum absolute atomic E-state index is 0.162. The first kappa shape index (κ1) is 25.2. The number of benzene rings is 3. The van der Waals surface area contributed by atoms with Crippen LogP contribution in [0, 0.1) is 0 Å². The minimum atomic E-state index is -3.58. The van der Waals surface area contributed by atoms with Crippen molar-refractivity contribution in [2.75, 3.05) is 20.3 Å². The molecule has 0 spiro atoms. The second-order valence-corrected chi connectivity index (χ2v) is 9.20.